The molecule has 0 radical (unpaired) electrons. The van der Waals surface area contributed by atoms with Crippen molar-refractivity contribution in [1.82, 2.24) is 15.0 Å². The zero-order valence-electron chi connectivity index (χ0n) is 12.5. The first-order valence-corrected chi connectivity index (χ1v) is 7.10. The third-order valence-corrected chi connectivity index (χ3v) is 3.58. The highest BCUT2D eigenvalue weighted by Gasteiger charge is 2.38. The maximum Gasteiger partial charge on any atom is 0.231 e. The molecule has 0 spiro atoms. The Hall–Kier alpha value is -2.37. The molecular weight excluding hydrogens is 264 g/mol. The van der Waals surface area contributed by atoms with Crippen LogP contribution in [0, 0.1) is 0 Å². The van der Waals surface area contributed by atoms with Crippen molar-refractivity contribution in [3.05, 3.63) is 35.9 Å². The lowest BCUT2D eigenvalue weighted by atomic mass is 10.1. The smallest absolute Gasteiger partial charge is 0.231 e. The van der Waals surface area contributed by atoms with E-state index in [-0.39, 0.29) is 0 Å². The molecule has 6 heteroatoms. The number of anilines is 3. The molecule has 1 heterocycles. The van der Waals surface area contributed by atoms with E-state index in [1.807, 2.05) is 32.1 Å². The van der Waals surface area contributed by atoms with Gasteiger partial charge in [-0.3, -0.25) is 0 Å². The number of rotatable bonds is 5. The number of nitrogens with zero attached hydrogens (tertiary/aromatic N) is 4. The summed E-state index contributed by atoms with van der Waals surface area (Å²) in [6.45, 7) is 0. The van der Waals surface area contributed by atoms with Crippen LogP contribution in [0.1, 0.15) is 17.9 Å². The zero-order valence-corrected chi connectivity index (χ0v) is 12.5. The highest BCUT2D eigenvalue weighted by Crippen LogP contribution is 2.42. The van der Waals surface area contributed by atoms with Gasteiger partial charge in [-0.25, -0.2) is 0 Å². The summed E-state index contributed by atoms with van der Waals surface area (Å²) in [5, 5.41) is 6.38. The summed E-state index contributed by atoms with van der Waals surface area (Å²) in [7, 11) is 5.65. The molecule has 2 atom stereocenters. The summed E-state index contributed by atoms with van der Waals surface area (Å²) in [4.78, 5) is 15.0. The predicted molar refractivity (Wildman–Crippen MR) is 84.9 cm³/mol. The molecule has 1 fully saturated rings. The fraction of sp³-hybridized carbons (Fsp3) is 0.400. The molecule has 0 aliphatic heterocycles. The SMILES string of the molecule is CNc1nc(NC2CC2c2ccccc2)nc(N(C)C)n1. The lowest BCUT2D eigenvalue weighted by molar-refractivity contribution is 0.934. The summed E-state index contributed by atoms with van der Waals surface area (Å²) >= 11 is 0. The van der Waals surface area contributed by atoms with Crippen LogP contribution in [0.5, 0.6) is 0 Å². The zero-order chi connectivity index (χ0) is 14.8. The second-order valence-corrected chi connectivity index (χ2v) is 5.43. The number of benzene rings is 1. The topological polar surface area (TPSA) is 66.0 Å². The third kappa shape index (κ3) is 3.04. The first kappa shape index (κ1) is 13.6. The second-order valence-electron chi connectivity index (χ2n) is 5.43. The van der Waals surface area contributed by atoms with Crippen molar-refractivity contribution in [2.45, 2.75) is 18.4 Å². The molecule has 1 aliphatic rings. The molecule has 1 aliphatic carbocycles. The summed E-state index contributed by atoms with van der Waals surface area (Å²) in [6, 6.07) is 10.9. The maximum atomic E-state index is 4.44. The average molecular weight is 284 g/mol. The van der Waals surface area contributed by atoms with Crippen LogP contribution in [-0.4, -0.2) is 42.1 Å². The van der Waals surface area contributed by atoms with E-state index in [9.17, 15) is 0 Å². The predicted octanol–water partition coefficient (Wildman–Crippen LogP) is 1.95. The first-order chi connectivity index (χ1) is 10.2. The van der Waals surface area contributed by atoms with Gasteiger partial charge in [0.2, 0.25) is 17.8 Å². The van der Waals surface area contributed by atoms with Gasteiger partial charge in [-0.15, -0.1) is 0 Å². The molecule has 0 saturated heterocycles. The van der Waals surface area contributed by atoms with Gasteiger partial charge in [0.15, 0.2) is 0 Å². The molecule has 1 saturated carbocycles. The standard InChI is InChI=1S/C15H20N6/c1-16-13-18-14(20-15(19-13)21(2)3)17-12-9-11(12)10-7-5-4-6-8-10/h4-8,11-12H,9H2,1-3H3,(H2,16,17,18,19,20). The summed E-state index contributed by atoms with van der Waals surface area (Å²) < 4.78 is 0. The number of hydrogen-bond acceptors (Lipinski definition) is 6. The molecule has 6 nitrogen and oxygen atoms in total. The first-order valence-electron chi connectivity index (χ1n) is 7.10. The molecule has 0 bridgehead atoms. The van der Waals surface area contributed by atoms with E-state index in [1.165, 1.54) is 5.56 Å². The Labute approximate surface area is 124 Å². The van der Waals surface area contributed by atoms with E-state index >= 15 is 0 Å². The van der Waals surface area contributed by atoms with Crippen LogP contribution in [0.15, 0.2) is 30.3 Å². The Kier molecular flexibility index (Phi) is 3.60. The van der Waals surface area contributed by atoms with Crippen molar-refractivity contribution in [3.63, 3.8) is 0 Å². The van der Waals surface area contributed by atoms with Gasteiger partial charge < -0.3 is 15.5 Å². The van der Waals surface area contributed by atoms with Crippen LogP contribution in [-0.2, 0) is 0 Å². The van der Waals surface area contributed by atoms with Crippen LogP contribution < -0.4 is 15.5 Å². The molecule has 0 amide bonds. The highest BCUT2D eigenvalue weighted by molar-refractivity contribution is 5.45. The molecule has 3 rings (SSSR count). The monoisotopic (exact) mass is 284 g/mol. The lowest BCUT2D eigenvalue weighted by Gasteiger charge is -2.13. The number of aromatic nitrogens is 3. The molecule has 2 unspecified atom stereocenters. The quantitative estimate of drug-likeness (QED) is 0.875. The van der Waals surface area contributed by atoms with Crippen molar-refractivity contribution in [3.8, 4) is 0 Å². The van der Waals surface area contributed by atoms with Gasteiger partial charge in [-0.2, -0.15) is 15.0 Å². The van der Waals surface area contributed by atoms with Gasteiger partial charge in [0.05, 0.1) is 0 Å². The fourth-order valence-electron chi connectivity index (χ4n) is 2.33. The summed E-state index contributed by atoms with van der Waals surface area (Å²) in [6.07, 6.45) is 1.11. The minimum Gasteiger partial charge on any atom is -0.357 e. The largest absolute Gasteiger partial charge is 0.357 e. The molecule has 21 heavy (non-hydrogen) atoms. The number of nitrogens with one attached hydrogen (secondary N) is 2. The lowest BCUT2D eigenvalue weighted by Crippen LogP contribution is -2.17. The number of hydrogen-bond donors (Lipinski definition) is 2. The third-order valence-electron chi connectivity index (χ3n) is 3.58. The van der Waals surface area contributed by atoms with Gasteiger partial charge in [0, 0.05) is 33.1 Å². The summed E-state index contributed by atoms with van der Waals surface area (Å²) in [5.74, 6) is 2.40. The van der Waals surface area contributed by atoms with Crippen molar-refractivity contribution in [2.75, 3.05) is 36.7 Å². The van der Waals surface area contributed by atoms with Gasteiger partial charge in [0.25, 0.3) is 0 Å². The van der Waals surface area contributed by atoms with Crippen molar-refractivity contribution >= 4 is 17.8 Å². The van der Waals surface area contributed by atoms with E-state index in [0.29, 0.717) is 29.8 Å². The van der Waals surface area contributed by atoms with E-state index < -0.39 is 0 Å². The molecule has 1 aromatic carbocycles. The molecule has 110 valence electrons. The minimum absolute atomic E-state index is 0.398. The Morgan fingerprint density at radius 2 is 1.76 bits per heavy atom. The Morgan fingerprint density at radius 1 is 1.05 bits per heavy atom. The Bertz CT molecular complexity index is 613. The fourth-order valence-corrected chi connectivity index (χ4v) is 2.33. The maximum absolute atomic E-state index is 4.44. The van der Waals surface area contributed by atoms with Crippen molar-refractivity contribution < 1.29 is 0 Å². The van der Waals surface area contributed by atoms with E-state index in [2.05, 4.69) is 49.9 Å². The van der Waals surface area contributed by atoms with Crippen LogP contribution in [0.3, 0.4) is 0 Å². The van der Waals surface area contributed by atoms with Gasteiger partial charge in [0.1, 0.15) is 0 Å². The van der Waals surface area contributed by atoms with Crippen molar-refractivity contribution in [1.29, 1.82) is 0 Å². The van der Waals surface area contributed by atoms with E-state index in [0.717, 1.165) is 6.42 Å². The second kappa shape index (κ2) is 5.55. The van der Waals surface area contributed by atoms with Crippen LogP contribution in [0.4, 0.5) is 17.8 Å². The van der Waals surface area contributed by atoms with Crippen LogP contribution in [0.2, 0.25) is 0 Å². The van der Waals surface area contributed by atoms with Crippen molar-refractivity contribution in [2.24, 2.45) is 0 Å². The normalized spacial score (nSPS) is 20.0. The Balaban J connectivity index is 1.73. The molecule has 1 aromatic heterocycles. The average Bonchev–Trinajstić information content (AvgIpc) is 3.27. The molecular formula is C15H20N6. The molecule has 2 aromatic rings. The minimum atomic E-state index is 0.398. The van der Waals surface area contributed by atoms with E-state index in [4.69, 9.17) is 0 Å². The van der Waals surface area contributed by atoms with Gasteiger partial charge in [-0.1, -0.05) is 30.3 Å². The Morgan fingerprint density at radius 3 is 2.43 bits per heavy atom. The van der Waals surface area contributed by atoms with Gasteiger partial charge in [-0.05, 0) is 12.0 Å². The van der Waals surface area contributed by atoms with Crippen LogP contribution in [0.25, 0.3) is 0 Å². The van der Waals surface area contributed by atoms with Crippen LogP contribution >= 0.6 is 0 Å². The highest BCUT2D eigenvalue weighted by atomic mass is 15.3. The van der Waals surface area contributed by atoms with E-state index in [1.54, 1.807) is 0 Å². The molecule has 2 N–H and O–H groups in total. The van der Waals surface area contributed by atoms with Gasteiger partial charge >= 0.3 is 0 Å². The summed E-state index contributed by atoms with van der Waals surface area (Å²) in [5.41, 5.74) is 1.37.